The van der Waals surface area contributed by atoms with Crippen molar-refractivity contribution in [1.82, 2.24) is 14.2 Å². The molecule has 0 spiro atoms. The van der Waals surface area contributed by atoms with E-state index in [2.05, 4.69) is 62.3 Å². The number of hydrogen-bond donors (Lipinski definition) is 2. The molecule has 194 valence electrons. The summed E-state index contributed by atoms with van der Waals surface area (Å²) in [6.07, 6.45) is 4.62. The summed E-state index contributed by atoms with van der Waals surface area (Å²) in [7, 11) is -2.09. The van der Waals surface area contributed by atoms with Crippen LogP contribution in [-0.4, -0.2) is 33.4 Å². The molecule has 1 aromatic carbocycles. The number of carbonyl (C=O) groups excluding carboxylic acids is 1. The monoisotopic (exact) mass is 534 g/mol. The number of amides is 1. The molecule has 0 aliphatic carbocycles. The molecule has 0 bridgehead atoms. The standard InChI is InChI=1S/C29H35ClN4O2Si/c1-18(2)37(19(3)4,20(5)6)34-17-25(24-8-7-15-31-28(24)34)27(35)21-9-14-26(32-16-21)29(36)33-23-12-10-22(30)11-13-23/h7-20,27,35H,1-6H3,(H,33,36). The van der Waals surface area contributed by atoms with Gasteiger partial charge in [0.15, 0.2) is 8.24 Å². The lowest BCUT2D eigenvalue weighted by Crippen LogP contribution is -2.51. The number of aliphatic hydroxyl groups is 1. The van der Waals surface area contributed by atoms with Crippen LogP contribution in [0.5, 0.6) is 0 Å². The second-order valence-corrected chi connectivity index (χ2v) is 16.7. The number of nitrogens with zero attached hydrogens (tertiary/aromatic N) is 3. The molecule has 3 aromatic heterocycles. The molecule has 4 rings (SSSR count). The van der Waals surface area contributed by atoms with E-state index in [0.29, 0.717) is 32.9 Å². The minimum atomic E-state index is -2.09. The van der Waals surface area contributed by atoms with Crippen LogP contribution in [0.1, 0.15) is 69.3 Å². The molecule has 1 atom stereocenters. The van der Waals surface area contributed by atoms with Crippen molar-refractivity contribution in [3.05, 3.63) is 89.0 Å². The van der Waals surface area contributed by atoms with Gasteiger partial charge in [0.1, 0.15) is 17.4 Å². The molecule has 0 aliphatic heterocycles. The Morgan fingerprint density at radius 1 is 0.946 bits per heavy atom. The van der Waals surface area contributed by atoms with E-state index in [-0.39, 0.29) is 11.6 Å². The summed E-state index contributed by atoms with van der Waals surface area (Å²) in [5.41, 5.74) is 4.69. The van der Waals surface area contributed by atoms with Crippen LogP contribution in [0, 0.1) is 0 Å². The summed E-state index contributed by atoms with van der Waals surface area (Å²) in [4.78, 5) is 21.8. The highest BCUT2D eigenvalue weighted by Gasteiger charge is 2.46. The third-order valence-corrected chi connectivity index (χ3v) is 14.5. The molecular formula is C29H35ClN4O2Si. The molecule has 2 N–H and O–H groups in total. The van der Waals surface area contributed by atoms with Gasteiger partial charge in [-0.1, -0.05) is 59.2 Å². The summed E-state index contributed by atoms with van der Waals surface area (Å²) >= 11 is 5.92. The zero-order chi connectivity index (χ0) is 26.9. The van der Waals surface area contributed by atoms with Gasteiger partial charge in [-0.05, 0) is 59.1 Å². The van der Waals surface area contributed by atoms with Crippen molar-refractivity contribution in [3.63, 3.8) is 0 Å². The minimum absolute atomic E-state index is 0.265. The van der Waals surface area contributed by atoms with Crippen molar-refractivity contribution in [2.45, 2.75) is 64.3 Å². The van der Waals surface area contributed by atoms with Gasteiger partial charge in [-0.25, -0.2) is 4.98 Å². The maximum Gasteiger partial charge on any atom is 0.274 e. The van der Waals surface area contributed by atoms with E-state index in [0.717, 1.165) is 16.6 Å². The van der Waals surface area contributed by atoms with Crippen molar-refractivity contribution in [2.75, 3.05) is 5.32 Å². The number of pyridine rings is 2. The predicted molar refractivity (Wildman–Crippen MR) is 154 cm³/mol. The number of aliphatic hydroxyl groups excluding tert-OH is 1. The number of hydrogen-bond acceptors (Lipinski definition) is 4. The Kier molecular flexibility index (Phi) is 7.87. The van der Waals surface area contributed by atoms with Gasteiger partial charge in [0.25, 0.3) is 5.91 Å². The van der Waals surface area contributed by atoms with Crippen molar-refractivity contribution in [1.29, 1.82) is 0 Å². The summed E-state index contributed by atoms with van der Waals surface area (Å²) < 4.78 is 2.42. The number of benzene rings is 1. The summed E-state index contributed by atoms with van der Waals surface area (Å²) in [6.45, 7) is 13.9. The molecule has 1 amide bonds. The Bertz CT molecular complexity index is 1360. The number of rotatable bonds is 8. The molecule has 0 fully saturated rings. The molecule has 0 aliphatic rings. The van der Waals surface area contributed by atoms with Crippen LogP contribution in [0.3, 0.4) is 0 Å². The second kappa shape index (κ2) is 10.8. The van der Waals surface area contributed by atoms with Crippen LogP contribution in [0.4, 0.5) is 5.69 Å². The zero-order valence-electron chi connectivity index (χ0n) is 22.2. The third kappa shape index (κ3) is 4.95. The molecule has 6 nitrogen and oxygen atoms in total. The first-order chi connectivity index (χ1) is 17.6. The lowest BCUT2D eigenvalue weighted by Gasteiger charge is -2.44. The van der Waals surface area contributed by atoms with Crippen molar-refractivity contribution in [2.24, 2.45) is 0 Å². The lowest BCUT2D eigenvalue weighted by atomic mass is 10.0. The molecule has 0 saturated heterocycles. The highest BCUT2D eigenvalue weighted by Crippen LogP contribution is 2.45. The normalized spacial score (nSPS) is 13.1. The van der Waals surface area contributed by atoms with Gasteiger partial charge in [0, 0.05) is 45.8 Å². The number of aromatic nitrogens is 3. The Morgan fingerprint density at radius 2 is 1.59 bits per heavy atom. The highest BCUT2D eigenvalue weighted by atomic mass is 35.5. The zero-order valence-corrected chi connectivity index (χ0v) is 24.0. The quantitative estimate of drug-likeness (QED) is 0.230. The van der Waals surface area contributed by atoms with Gasteiger partial charge in [-0.3, -0.25) is 9.78 Å². The average molecular weight is 535 g/mol. The van der Waals surface area contributed by atoms with Gasteiger partial charge in [-0.2, -0.15) is 0 Å². The number of halogens is 1. The molecule has 8 heteroatoms. The van der Waals surface area contributed by atoms with Crippen molar-refractivity contribution >= 4 is 42.5 Å². The lowest BCUT2D eigenvalue weighted by molar-refractivity contribution is 0.102. The first-order valence-electron chi connectivity index (χ1n) is 12.7. The fourth-order valence-electron chi connectivity index (χ4n) is 6.04. The maximum absolute atomic E-state index is 12.7. The fourth-order valence-corrected chi connectivity index (χ4v) is 12.7. The average Bonchev–Trinajstić information content (AvgIpc) is 3.24. The van der Waals surface area contributed by atoms with E-state index < -0.39 is 14.3 Å². The van der Waals surface area contributed by atoms with E-state index in [4.69, 9.17) is 16.6 Å². The van der Waals surface area contributed by atoms with Gasteiger partial charge in [0.05, 0.1) is 0 Å². The minimum Gasteiger partial charge on any atom is -0.384 e. The smallest absolute Gasteiger partial charge is 0.274 e. The molecular weight excluding hydrogens is 500 g/mol. The van der Waals surface area contributed by atoms with Gasteiger partial charge in [-0.15, -0.1) is 0 Å². The second-order valence-electron chi connectivity index (χ2n) is 10.5. The van der Waals surface area contributed by atoms with Crippen LogP contribution in [0.15, 0.2) is 67.1 Å². The summed E-state index contributed by atoms with van der Waals surface area (Å²) in [5, 5.41) is 15.8. The van der Waals surface area contributed by atoms with E-state index in [1.54, 1.807) is 42.6 Å². The molecule has 0 radical (unpaired) electrons. The summed E-state index contributed by atoms with van der Waals surface area (Å²) in [6, 6.07) is 14.2. The van der Waals surface area contributed by atoms with E-state index in [1.165, 1.54) is 0 Å². The first-order valence-corrected chi connectivity index (χ1v) is 15.3. The first kappa shape index (κ1) is 27.0. The molecule has 1 unspecified atom stereocenters. The van der Waals surface area contributed by atoms with Gasteiger partial charge < -0.3 is 14.7 Å². The van der Waals surface area contributed by atoms with Crippen LogP contribution in [0.2, 0.25) is 21.6 Å². The van der Waals surface area contributed by atoms with Crippen molar-refractivity contribution in [3.8, 4) is 0 Å². The van der Waals surface area contributed by atoms with Gasteiger partial charge in [0.2, 0.25) is 0 Å². The van der Waals surface area contributed by atoms with E-state index >= 15 is 0 Å². The number of carbonyl (C=O) groups is 1. The van der Waals surface area contributed by atoms with Crippen LogP contribution < -0.4 is 5.32 Å². The number of nitrogens with one attached hydrogen (secondary N) is 1. The van der Waals surface area contributed by atoms with E-state index in [1.807, 2.05) is 18.3 Å². The Hall–Kier alpha value is -3.00. The van der Waals surface area contributed by atoms with Crippen LogP contribution in [-0.2, 0) is 0 Å². The largest absolute Gasteiger partial charge is 0.384 e. The maximum atomic E-state index is 12.7. The molecule has 3 heterocycles. The fraction of sp³-hybridized carbons (Fsp3) is 0.345. The highest BCUT2D eigenvalue weighted by molar-refractivity contribution is 6.82. The third-order valence-electron chi connectivity index (χ3n) is 7.52. The Morgan fingerprint density at radius 3 is 2.16 bits per heavy atom. The topological polar surface area (TPSA) is 80.0 Å². The number of anilines is 1. The summed E-state index contributed by atoms with van der Waals surface area (Å²) in [5.74, 6) is -0.328. The van der Waals surface area contributed by atoms with Crippen LogP contribution >= 0.6 is 11.6 Å². The molecule has 37 heavy (non-hydrogen) atoms. The van der Waals surface area contributed by atoms with Gasteiger partial charge >= 0.3 is 0 Å². The Balaban J connectivity index is 1.69. The molecule has 4 aromatic rings. The van der Waals surface area contributed by atoms with Crippen molar-refractivity contribution < 1.29 is 9.90 Å². The number of fused-ring (bicyclic) bond motifs is 1. The molecule has 0 saturated carbocycles. The Labute approximate surface area is 224 Å². The van der Waals surface area contributed by atoms with Crippen LogP contribution in [0.25, 0.3) is 11.0 Å². The van der Waals surface area contributed by atoms with E-state index in [9.17, 15) is 9.90 Å². The SMILES string of the molecule is CC(C)[Si](C(C)C)(C(C)C)n1cc(C(O)c2ccc(C(=O)Nc3ccc(Cl)cc3)nc2)c2cccnc21. The predicted octanol–water partition coefficient (Wildman–Crippen LogP) is 7.44.